The highest BCUT2D eigenvalue weighted by atomic mass is 19.4. The zero-order valence-electron chi connectivity index (χ0n) is 9.40. The predicted molar refractivity (Wildman–Crippen MR) is 43.6 cm³/mol. The number of morpholine rings is 1. The van der Waals surface area contributed by atoms with Crippen molar-refractivity contribution in [2.75, 3.05) is 0 Å². The van der Waals surface area contributed by atoms with Crippen LogP contribution in [-0.2, 0) is 14.4 Å². The summed E-state index contributed by atoms with van der Waals surface area (Å²) in [7, 11) is 0. The van der Waals surface area contributed by atoms with E-state index in [9.17, 15) is 39.9 Å². The molecule has 0 bridgehead atoms. The van der Waals surface area contributed by atoms with Crippen molar-refractivity contribution in [1.82, 2.24) is 5.06 Å². The van der Waals surface area contributed by atoms with Crippen molar-refractivity contribution in [3.8, 4) is 0 Å². The van der Waals surface area contributed by atoms with Crippen molar-refractivity contribution in [3.05, 3.63) is 12.2 Å². The lowest BCUT2D eigenvalue weighted by Gasteiger charge is -2.45. The first-order chi connectivity index (χ1) is 8.67. The molecule has 1 heterocycles. The largest absolute Gasteiger partial charge is 0.442 e. The molecular formula is C8H5F8NO3. The Bertz CT molecular complexity index is 423. The smallest absolute Gasteiger partial charge is 0.352 e. The van der Waals surface area contributed by atoms with Crippen LogP contribution in [0.25, 0.3) is 0 Å². The van der Waals surface area contributed by atoms with Crippen LogP contribution in [-0.4, -0.2) is 35.3 Å². The number of ether oxygens (including phenoxy) is 1. The number of hydrogen-bond donors (Lipinski definition) is 0. The van der Waals surface area contributed by atoms with Crippen LogP contribution in [0.5, 0.6) is 0 Å². The molecule has 0 radical (unpaired) electrons. The van der Waals surface area contributed by atoms with E-state index in [4.69, 9.17) is 0 Å². The van der Waals surface area contributed by atoms with Gasteiger partial charge in [0.2, 0.25) is 0 Å². The van der Waals surface area contributed by atoms with Gasteiger partial charge in [-0.2, -0.15) is 35.1 Å². The third kappa shape index (κ3) is 2.22. The fourth-order valence-electron chi connectivity index (χ4n) is 0.972. The number of hydrogen-bond acceptors (Lipinski definition) is 4. The lowest BCUT2D eigenvalue weighted by Crippen LogP contribution is -2.73. The van der Waals surface area contributed by atoms with Crippen LogP contribution in [0.3, 0.4) is 0 Å². The van der Waals surface area contributed by atoms with E-state index in [1.165, 1.54) is 0 Å². The second-order valence-corrected chi connectivity index (χ2v) is 3.67. The summed E-state index contributed by atoms with van der Waals surface area (Å²) >= 11 is 0. The molecule has 0 spiro atoms. The molecule has 1 aliphatic rings. The minimum atomic E-state index is -6.04. The standard InChI is InChI=1S/C8H5F8NO3/c1-3(2)4(18)19-17-5(9,10)7(13,14)20-8(15,16)6(17,11)12/h1H2,2H3. The van der Waals surface area contributed by atoms with Crippen molar-refractivity contribution < 1.29 is 49.5 Å². The minimum Gasteiger partial charge on any atom is -0.352 e. The number of hydroxylamine groups is 2. The van der Waals surface area contributed by atoms with Gasteiger partial charge in [0.05, 0.1) is 0 Å². The Morgan fingerprint density at radius 2 is 1.35 bits per heavy atom. The molecule has 0 aromatic heterocycles. The van der Waals surface area contributed by atoms with E-state index < -0.39 is 40.9 Å². The molecule has 0 unspecified atom stereocenters. The highest BCUT2D eigenvalue weighted by molar-refractivity contribution is 5.86. The van der Waals surface area contributed by atoms with Gasteiger partial charge < -0.3 is 4.84 Å². The summed E-state index contributed by atoms with van der Waals surface area (Å²) in [6, 6.07) is -12.1. The summed E-state index contributed by atoms with van der Waals surface area (Å²) in [6.07, 6.45) is -12.1. The fraction of sp³-hybridized carbons (Fsp3) is 0.625. The first-order valence-corrected chi connectivity index (χ1v) is 4.56. The first kappa shape index (κ1) is 16.6. The number of alkyl halides is 8. The molecule has 0 saturated carbocycles. The highest BCUT2D eigenvalue weighted by Crippen LogP contribution is 2.55. The van der Waals surface area contributed by atoms with Gasteiger partial charge >= 0.3 is 30.3 Å². The van der Waals surface area contributed by atoms with E-state index in [0.717, 1.165) is 6.92 Å². The van der Waals surface area contributed by atoms with E-state index in [1.807, 2.05) is 0 Å². The normalized spacial score (nSPS) is 26.9. The van der Waals surface area contributed by atoms with Gasteiger partial charge in [-0.1, -0.05) is 6.58 Å². The SMILES string of the molecule is C=C(C)C(=O)ON1C(F)(F)C(F)(F)OC(F)(F)C1(F)F. The average Bonchev–Trinajstić information content (AvgIpc) is 2.21. The molecule has 12 heteroatoms. The van der Waals surface area contributed by atoms with Gasteiger partial charge in [-0.3, -0.25) is 0 Å². The number of nitrogens with zero attached hydrogens (tertiary/aromatic N) is 1. The summed E-state index contributed by atoms with van der Waals surface area (Å²) in [5.74, 6) is -2.03. The number of carbonyl (C=O) groups is 1. The molecule has 1 saturated heterocycles. The minimum absolute atomic E-state index is 0.769. The number of rotatable bonds is 2. The van der Waals surface area contributed by atoms with Crippen molar-refractivity contribution >= 4 is 5.97 Å². The van der Waals surface area contributed by atoms with Crippen LogP contribution >= 0.6 is 0 Å². The van der Waals surface area contributed by atoms with Gasteiger partial charge in [0.15, 0.2) is 0 Å². The van der Waals surface area contributed by atoms with Gasteiger partial charge in [-0.05, 0) is 6.92 Å². The highest BCUT2D eigenvalue weighted by Gasteiger charge is 2.85. The average molecular weight is 315 g/mol. The van der Waals surface area contributed by atoms with E-state index in [0.29, 0.717) is 0 Å². The molecule has 1 rings (SSSR count). The van der Waals surface area contributed by atoms with Gasteiger partial charge in [0.25, 0.3) is 0 Å². The lowest BCUT2D eigenvalue weighted by atomic mass is 10.3. The van der Waals surface area contributed by atoms with E-state index >= 15 is 0 Å². The summed E-state index contributed by atoms with van der Waals surface area (Å²) < 4.78 is 105. The van der Waals surface area contributed by atoms with Crippen LogP contribution in [0.4, 0.5) is 35.1 Å². The van der Waals surface area contributed by atoms with Gasteiger partial charge in [0.1, 0.15) is 0 Å². The third-order valence-corrected chi connectivity index (χ3v) is 1.99. The quantitative estimate of drug-likeness (QED) is 0.446. The topological polar surface area (TPSA) is 38.8 Å². The number of halogens is 8. The van der Waals surface area contributed by atoms with Crippen LogP contribution < -0.4 is 0 Å². The lowest BCUT2D eigenvalue weighted by molar-refractivity contribution is -0.600. The molecular weight excluding hydrogens is 310 g/mol. The molecule has 1 fully saturated rings. The molecule has 0 N–H and O–H groups in total. The van der Waals surface area contributed by atoms with Crippen molar-refractivity contribution in [2.45, 2.75) is 31.2 Å². The molecule has 20 heavy (non-hydrogen) atoms. The molecule has 0 aromatic rings. The number of carbonyl (C=O) groups excluding carboxylic acids is 1. The second-order valence-electron chi connectivity index (χ2n) is 3.67. The molecule has 0 atom stereocenters. The van der Waals surface area contributed by atoms with Crippen molar-refractivity contribution in [2.24, 2.45) is 0 Å². The van der Waals surface area contributed by atoms with Crippen molar-refractivity contribution in [3.63, 3.8) is 0 Å². The Balaban J connectivity index is 3.32. The van der Waals surface area contributed by atoms with Crippen LogP contribution in [0.15, 0.2) is 12.2 Å². The summed E-state index contributed by atoms with van der Waals surface area (Å²) in [4.78, 5) is 14.1. The summed E-state index contributed by atoms with van der Waals surface area (Å²) in [5.41, 5.74) is -0.769. The Morgan fingerprint density at radius 1 is 1.00 bits per heavy atom. The fourth-order valence-corrected chi connectivity index (χ4v) is 0.972. The van der Waals surface area contributed by atoms with Crippen LogP contribution in [0.2, 0.25) is 0 Å². The van der Waals surface area contributed by atoms with E-state index in [-0.39, 0.29) is 0 Å². The molecule has 116 valence electrons. The van der Waals surface area contributed by atoms with E-state index in [2.05, 4.69) is 16.2 Å². The van der Waals surface area contributed by atoms with Crippen LogP contribution in [0.1, 0.15) is 6.92 Å². The molecule has 1 aliphatic heterocycles. The Hall–Kier alpha value is -1.43. The monoisotopic (exact) mass is 315 g/mol. The Labute approximate surface area is 105 Å². The maximum absolute atomic E-state index is 13.0. The molecule has 0 amide bonds. The maximum atomic E-state index is 13.0. The Kier molecular flexibility index (Phi) is 3.56. The van der Waals surface area contributed by atoms with Gasteiger partial charge in [-0.25, -0.2) is 9.53 Å². The predicted octanol–water partition coefficient (Wildman–Crippen LogP) is 2.72. The molecule has 0 aromatic carbocycles. The third-order valence-electron chi connectivity index (χ3n) is 1.99. The van der Waals surface area contributed by atoms with Gasteiger partial charge in [-0.15, -0.1) is 0 Å². The zero-order valence-corrected chi connectivity index (χ0v) is 9.40. The molecule has 4 nitrogen and oxygen atoms in total. The first-order valence-electron chi connectivity index (χ1n) is 4.56. The zero-order chi connectivity index (χ0) is 16.1. The Morgan fingerprint density at radius 3 is 1.65 bits per heavy atom. The maximum Gasteiger partial charge on any atom is 0.442 e. The second kappa shape index (κ2) is 4.28. The van der Waals surface area contributed by atoms with Crippen LogP contribution in [0, 0.1) is 0 Å². The summed E-state index contributed by atoms with van der Waals surface area (Å²) in [6.45, 7) is 3.58. The summed E-state index contributed by atoms with van der Waals surface area (Å²) in [5, 5.41) is -2.39. The van der Waals surface area contributed by atoms with Gasteiger partial charge in [0, 0.05) is 10.6 Å². The van der Waals surface area contributed by atoms with Crippen molar-refractivity contribution in [1.29, 1.82) is 0 Å². The van der Waals surface area contributed by atoms with E-state index in [1.54, 1.807) is 0 Å². The molecule has 0 aliphatic carbocycles.